The highest BCUT2D eigenvalue weighted by Crippen LogP contribution is 2.29. The first-order valence-corrected chi connectivity index (χ1v) is 7.25. The normalized spacial score (nSPS) is 11.0. The Morgan fingerprint density at radius 1 is 1.05 bits per heavy atom. The van der Waals surface area contributed by atoms with Crippen LogP contribution in [0.2, 0.25) is 0 Å². The lowest BCUT2D eigenvalue weighted by Gasteiger charge is -2.19. The van der Waals surface area contributed by atoms with E-state index >= 15 is 0 Å². The zero-order chi connectivity index (χ0) is 15.7. The molecule has 0 amide bonds. The van der Waals surface area contributed by atoms with Gasteiger partial charge in [0.15, 0.2) is 0 Å². The van der Waals surface area contributed by atoms with Gasteiger partial charge in [0.2, 0.25) is 5.95 Å². The van der Waals surface area contributed by atoms with Gasteiger partial charge in [-0.1, -0.05) is 0 Å². The lowest BCUT2D eigenvalue weighted by molar-refractivity contribution is 0.824. The topological polar surface area (TPSA) is 110 Å². The zero-order valence-corrected chi connectivity index (χ0v) is 12.7. The maximum absolute atomic E-state index is 5.97. The number of aromatic nitrogens is 4. The van der Waals surface area contributed by atoms with Crippen molar-refractivity contribution in [1.29, 1.82) is 0 Å². The summed E-state index contributed by atoms with van der Waals surface area (Å²) in [6, 6.07) is 5.52. The van der Waals surface area contributed by atoms with Crippen molar-refractivity contribution in [1.82, 2.24) is 19.9 Å². The number of hydrogen-bond acceptors (Lipinski definition) is 6. The molecule has 7 nitrogen and oxygen atoms in total. The van der Waals surface area contributed by atoms with E-state index in [-0.39, 0.29) is 0 Å². The summed E-state index contributed by atoms with van der Waals surface area (Å²) in [6.45, 7) is 5.75. The summed E-state index contributed by atoms with van der Waals surface area (Å²) < 4.78 is 0. The Morgan fingerprint density at radius 2 is 1.77 bits per heavy atom. The number of hydrogen-bond donors (Lipinski definition) is 3. The first-order valence-electron chi connectivity index (χ1n) is 7.25. The molecule has 0 fully saturated rings. The maximum atomic E-state index is 5.97. The molecule has 0 aliphatic rings. The van der Waals surface area contributed by atoms with Crippen molar-refractivity contribution in [3.63, 3.8) is 0 Å². The van der Waals surface area contributed by atoms with Gasteiger partial charge in [-0.15, -0.1) is 0 Å². The largest absolute Gasteiger partial charge is 0.384 e. The summed E-state index contributed by atoms with van der Waals surface area (Å²) in [5.41, 5.74) is 14.2. The number of nitrogens with zero attached hydrogens (tertiary/aromatic N) is 4. The Kier molecular flexibility index (Phi) is 3.54. The predicted octanol–water partition coefficient (Wildman–Crippen LogP) is 2.03. The number of nitrogens with one attached hydrogen (secondary N) is 1. The highest BCUT2D eigenvalue weighted by Gasteiger charge is 2.13. The molecule has 22 heavy (non-hydrogen) atoms. The molecule has 0 saturated carbocycles. The third-order valence-corrected chi connectivity index (χ3v) is 3.60. The van der Waals surface area contributed by atoms with Crippen molar-refractivity contribution in [2.24, 2.45) is 0 Å². The number of H-pyrrole nitrogens is 1. The van der Waals surface area contributed by atoms with Gasteiger partial charge in [-0.3, -0.25) is 0 Å². The SMILES string of the molecule is CCN(CC)c1nc(N)cc(-c2cc(N)nc3[nH]ccc23)n1. The van der Waals surface area contributed by atoms with Crippen LogP contribution in [-0.4, -0.2) is 33.0 Å². The Labute approximate surface area is 128 Å². The van der Waals surface area contributed by atoms with Gasteiger partial charge >= 0.3 is 0 Å². The first-order chi connectivity index (χ1) is 10.6. The fraction of sp³-hybridized carbons (Fsp3) is 0.267. The second kappa shape index (κ2) is 5.51. The van der Waals surface area contributed by atoms with Crippen LogP contribution in [0.5, 0.6) is 0 Å². The molecule has 0 radical (unpaired) electrons. The van der Waals surface area contributed by atoms with Gasteiger partial charge in [-0.25, -0.2) is 9.97 Å². The Morgan fingerprint density at radius 3 is 2.50 bits per heavy atom. The van der Waals surface area contributed by atoms with Crippen molar-refractivity contribution in [2.75, 3.05) is 29.5 Å². The molecule has 0 saturated heterocycles. The summed E-state index contributed by atoms with van der Waals surface area (Å²) in [4.78, 5) is 18.4. The third kappa shape index (κ3) is 2.41. The Bertz CT molecular complexity index is 805. The lowest BCUT2D eigenvalue weighted by atomic mass is 10.1. The van der Waals surface area contributed by atoms with Gasteiger partial charge in [-0.05, 0) is 26.0 Å². The minimum absolute atomic E-state index is 0.436. The van der Waals surface area contributed by atoms with E-state index in [0.29, 0.717) is 17.6 Å². The third-order valence-electron chi connectivity index (χ3n) is 3.60. The number of pyridine rings is 1. The molecule has 0 spiro atoms. The van der Waals surface area contributed by atoms with E-state index in [1.165, 1.54) is 0 Å². The van der Waals surface area contributed by atoms with E-state index in [4.69, 9.17) is 11.5 Å². The summed E-state index contributed by atoms with van der Waals surface area (Å²) in [7, 11) is 0. The van der Waals surface area contributed by atoms with E-state index < -0.39 is 0 Å². The highest BCUT2D eigenvalue weighted by atomic mass is 15.2. The molecule has 3 heterocycles. The van der Waals surface area contributed by atoms with Crippen LogP contribution >= 0.6 is 0 Å². The monoisotopic (exact) mass is 297 g/mol. The molecular formula is C15H19N7. The molecule has 0 bridgehead atoms. The van der Waals surface area contributed by atoms with Crippen molar-refractivity contribution < 1.29 is 0 Å². The molecule has 3 aromatic heterocycles. The van der Waals surface area contributed by atoms with E-state index in [2.05, 4.69) is 38.7 Å². The van der Waals surface area contributed by atoms with Crippen LogP contribution in [0.4, 0.5) is 17.6 Å². The Hall–Kier alpha value is -2.83. The zero-order valence-electron chi connectivity index (χ0n) is 12.7. The molecular weight excluding hydrogens is 278 g/mol. The van der Waals surface area contributed by atoms with Crippen LogP contribution in [0.3, 0.4) is 0 Å². The number of aromatic amines is 1. The van der Waals surface area contributed by atoms with Crippen LogP contribution in [-0.2, 0) is 0 Å². The number of anilines is 3. The van der Waals surface area contributed by atoms with Gasteiger partial charge in [0, 0.05) is 36.3 Å². The van der Waals surface area contributed by atoms with Gasteiger partial charge in [0.1, 0.15) is 17.3 Å². The average Bonchev–Trinajstić information content (AvgIpc) is 2.95. The van der Waals surface area contributed by atoms with Crippen molar-refractivity contribution in [2.45, 2.75) is 13.8 Å². The van der Waals surface area contributed by atoms with Gasteiger partial charge in [0.25, 0.3) is 0 Å². The van der Waals surface area contributed by atoms with Gasteiger partial charge in [-0.2, -0.15) is 4.98 Å². The molecule has 0 aromatic carbocycles. The molecule has 5 N–H and O–H groups in total. The van der Waals surface area contributed by atoms with Crippen molar-refractivity contribution in [3.8, 4) is 11.3 Å². The summed E-state index contributed by atoms with van der Waals surface area (Å²) in [6.07, 6.45) is 1.83. The second-order valence-electron chi connectivity index (χ2n) is 4.98. The minimum Gasteiger partial charge on any atom is -0.384 e. The Balaban J connectivity index is 2.20. The van der Waals surface area contributed by atoms with E-state index in [1.54, 1.807) is 6.07 Å². The lowest BCUT2D eigenvalue weighted by Crippen LogP contribution is -2.24. The van der Waals surface area contributed by atoms with Crippen molar-refractivity contribution >= 4 is 28.6 Å². The standard InChI is InChI=1S/C15H19N7/c1-3-22(4-2)15-19-11(8-13(17)21-15)10-7-12(16)20-14-9(10)5-6-18-14/h5-8H,3-4H2,1-2H3,(H3,16,18,20)(H2,17,19,21). The number of nitrogen functional groups attached to an aromatic ring is 2. The minimum atomic E-state index is 0.436. The molecule has 3 aromatic rings. The second-order valence-corrected chi connectivity index (χ2v) is 4.98. The van der Waals surface area contributed by atoms with Crippen LogP contribution in [0, 0.1) is 0 Å². The van der Waals surface area contributed by atoms with Gasteiger partial charge in [0.05, 0.1) is 5.69 Å². The molecule has 0 atom stereocenters. The summed E-state index contributed by atoms with van der Waals surface area (Å²) >= 11 is 0. The molecule has 0 unspecified atom stereocenters. The van der Waals surface area contributed by atoms with Gasteiger partial charge < -0.3 is 21.4 Å². The van der Waals surface area contributed by atoms with Crippen LogP contribution in [0.1, 0.15) is 13.8 Å². The molecule has 114 valence electrons. The van der Waals surface area contributed by atoms with Crippen LogP contribution < -0.4 is 16.4 Å². The number of nitrogens with two attached hydrogens (primary N) is 2. The average molecular weight is 297 g/mol. The predicted molar refractivity (Wildman–Crippen MR) is 89.5 cm³/mol. The van der Waals surface area contributed by atoms with E-state index in [0.717, 1.165) is 35.4 Å². The fourth-order valence-electron chi connectivity index (χ4n) is 2.51. The highest BCUT2D eigenvalue weighted by molar-refractivity contribution is 5.94. The smallest absolute Gasteiger partial charge is 0.227 e. The number of rotatable bonds is 4. The van der Waals surface area contributed by atoms with E-state index in [9.17, 15) is 0 Å². The quantitative estimate of drug-likeness (QED) is 0.679. The summed E-state index contributed by atoms with van der Waals surface area (Å²) in [5, 5.41) is 0.956. The number of fused-ring (bicyclic) bond motifs is 1. The van der Waals surface area contributed by atoms with Crippen LogP contribution in [0.15, 0.2) is 24.4 Å². The maximum Gasteiger partial charge on any atom is 0.227 e. The van der Waals surface area contributed by atoms with Crippen LogP contribution in [0.25, 0.3) is 22.3 Å². The molecule has 0 aliphatic heterocycles. The molecule has 7 heteroatoms. The van der Waals surface area contributed by atoms with E-state index in [1.807, 2.05) is 18.3 Å². The molecule has 3 rings (SSSR count). The molecule has 0 aliphatic carbocycles. The van der Waals surface area contributed by atoms with Crippen molar-refractivity contribution in [3.05, 3.63) is 24.4 Å². The first kappa shape index (κ1) is 14.1. The summed E-state index contributed by atoms with van der Waals surface area (Å²) in [5.74, 6) is 1.50. The fourth-order valence-corrected chi connectivity index (χ4v) is 2.51.